The first-order valence-electron chi connectivity index (χ1n) is 7.43. The zero-order valence-corrected chi connectivity index (χ0v) is 11.7. The third-order valence-electron chi connectivity index (χ3n) is 4.31. The van der Waals surface area contributed by atoms with Crippen LogP contribution in [0.3, 0.4) is 0 Å². The van der Waals surface area contributed by atoms with Gasteiger partial charge in [0.25, 0.3) is 5.89 Å². The maximum atomic E-state index is 6.15. The maximum absolute atomic E-state index is 6.15. The van der Waals surface area contributed by atoms with Crippen LogP contribution in [0.5, 0.6) is 0 Å². The van der Waals surface area contributed by atoms with Crippen molar-refractivity contribution in [2.45, 2.75) is 31.6 Å². The monoisotopic (exact) mass is 279 g/mol. The van der Waals surface area contributed by atoms with Crippen LogP contribution in [0.15, 0.2) is 40.9 Å². The molecule has 4 rings (SSSR count). The number of anilines is 1. The molecule has 1 heterocycles. The molecule has 4 nitrogen and oxygen atoms in total. The number of hydrogen-bond acceptors (Lipinski definition) is 4. The second-order valence-corrected chi connectivity index (χ2v) is 5.73. The Morgan fingerprint density at radius 1 is 1.05 bits per heavy atom. The van der Waals surface area contributed by atoms with E-state index in [0.29, 0.717) is 17.5 Å². The van der Waals surface area contributed by atoms with E-state index in [0.717, 1.165) is 35.0 Å². The lowest BCUT2D eigenvalue weighted by molar-refractivity contribution is 0.416. The zero-order chi connectivity index (χ0) is 14.2. The van der Waals surface area contributed by atoms with Crippen LogP contribution < -0.4 is 5.73 Å². The van der Waals surface area contributed by atoms with E-state index in [-0.39, 0.29) is 0 Å². The van der Waals surface area contributed by atoms with E-state index in [1.165, 1.54) is 12.8 Å². The summed E-state index contributed by atoms with van der Waals surface area (Å²) in [6.07, 6.45) is 4.83. The van der Waals surface area contributed by atoms with E-state index in [9.17, 15) is 0 Å². The van der Waals surface area contributed by atoms with Crippen LogP contribution in [-0.2, 0) is 0 Å². The highest BCUT2D eigenvalue weighted by Crippen LogP contribution is 2.35. The molecule has 0 bridgehead atoms. The van der Waals surface area contributed by atoms with Crippen molar-refractivity contribution in [2.75, 3.05) is 5.73 Å². The van der Waals surface area contributed by atoms with Crippen molar-refractivity contribution in [3.8, 4) is 11.5 Å². The SMILES string of the molecule is Nc1cc2ccccc2cc1-c1nc(C2CCCC2)no1. The second kappa shape index (κ2) is 4.88. The topological polar surface area (TPSA) is 64.9 Å². The van der Waals surface area contributed by atoms with E-state index in [4.69, 9.17) is 10.3 Å². The summed E-state index contributed by atoms with van der Waals surface area (Å²) in [5.41, 5.74) is 7.65. The first kappa shape index (κ1) is 12.4. The molecule has 1 aromatic heterocycles. The van der Waals surface area contributed by atoms with Gasteiger partial charge in [0.1, 0.15) is 0 Å². The van der Waals surface area contributed by atoms with Crippen LogP contribution in [-0.4, -0.2) is 10.1 Å². The molecule has 1 aliphatic rings. The summed E-state index contributed by atoms with van der Waals surface area (Å²) < 4.78 is 5.45. The van der Waals surface area contributed by atoms with Gasteiger partial charge in [0.15, 0.2) is 5.82 Å². The highest BCUT2D eigenvalue weighted by atomic mass is 16.5. The van der Waals surface area contributed by atoms with Gasteiger partial charge in [-0.3, -0.25) is 0 Å². The highest BCUT2D eigenvalue weighted by Gasteiger charge is 2.23. The van der Waals surface area contributed by atoms with Crippen LogP contribution in [0.2, 0.25) is 0 Å². The van der Waals surface area contributed by atoms with E-state index in [1.807, 2.05) is 30.3 Å². The second-order valence-electron chi connectivity index (χ2n) is 5.73. The molecule has 21 heavy (non-hydrogen) atoms. The molecule has 1 aliphatic carbocycles. The van der Waals surface area contributed by atoms with Gasteiger partial charge < -0.3 is 10.3 Å². The maximum Gasteiger partial charge on any atom is 0.260 e. The van der Waals surface area contributed by atoms with Crippen molar-refractivity contribution in [3.05, 3.63) is 42.2 Å². The van der Waals surface area contributed by atoms with Crippen LogP contribution in [0.25, 0.3) is 22.2 Å². The largest absolute Gasteiger partial charge is 0.398 e. The summed E-state index contributed by atoms with van der Waals surface area (Å²) in [6.45, 7) is 0. The van der Waals surface area contributed by atoms with Crippen LogP contribution >= 0.6 is 0 Å². The first-order chi connectivity index (χ1) is 10.3. The molecule has 0 saturated heterocycles. The fraction of sp³-hybridized carbons (Fsp3) is 0.294. The number of rotatable bonds is 2. The summed E-state index contributed by atoms with van der Waals surface area (Å²) in [4.78, 5) is 4.57. The number of nitrogen functional groups attached to an aromatic ring is 1. The van der Waals surface area contributed by atoms with E-state index < -0.39 is 0 Å². The Kier molecular flexibility index (Phi) is 2.88. The van der Waals surface area contributed by atoms with Gasteiger partial charge in [-0.15, -0.1) is 0 Å². The van der Waals surface area contributed by atoms with Gasteiger partial charge in [0.05, 0.1) is 5.56 Å². The Balaban J connectivity index is 1.77. The Morgan fingerprint density at radius 3 is 2.52 bits per heavy atom. The average Bonchev–Trinajstić information content (AvgIpc) is 3.17. The number of fused-ring (bicyclic) bond motifs is 1. The standard InChI is InChI=1S/C17H17N3O/c18-15-10-13-8-4-3-7-12(13)9-14(15)17-19-16(20-21-17)11-5-1-2-6-11/h3-4,7-11H,1-2,5-6,18H2. The minimum absolute atomic E-state index is 0.448. The number of hydrogen-bond donors (Lipinski definition) is 1. The van der Waals surface area contributed by atoms with E-state index >= 15 is 0 Å². The van der Waals surface area contributed by atoms with Gasteiger partial charge >= 0.3 is 0 Å². The lowest BCUT2D eigenvalue weighted by Crippen LogP contribution is -1.95. The Labute approximate surface area is 123 Å². The van der Waals surface area contributed by atoms with Crippen LogP contribution in [0.4, 0.5) is 5.69 Å². The van der Waals surface area contributed by atoms with Crippen molar-refractivity contribution in [1.29, 1.82) is 0 Å². The molecule has 2 N–H and O–H groups in total. The van der Waals surface area contributed by atoms with Gasteiger partial charge in [-0.1, -0.05) is 42.3 Å². The lowest BCUT2D eigenvalue weighted by Gasteiger charge is -2.04. The molecular weight excluding hydrogens is 262 g/mol. The van der Waals surface area contributed by atoms with Crippen LogP contribution in [0, 0.1) is 0 Å². The molecule has 1 fully saturated rings. The quantitative estimate of drug-likeness (QED) is 0.716. The van der Waals surface area contributed by atoms with E-state index in [2.05, 4.69) is 16.2 Å². The van der Waals surface area contributed by atoms with Crippen molar-refractivity contribution in [1.82, 2.24) is 10.1 Å². The normalized spacial score (nSPS) is 15.8. The number of benzene rings is 2. The third-order valence-corrected chi connectivity index (χ3v) is 4.31. The minimum Gasteiger partial charge on any atom is -0.398 e. The zero-order valence-electron chi connectivity index (χ0n) is 11.7. The predicted octanol–water partition coefficient (Wildman–Crippen LogP) is 4.13. The molecule has 0 unspecified atom stereocenters. The molecule has 0 atom stereocenters. The molecule has 1 saturated carbocycles. The molecule has 0 aliphatic heterocycles. The van der Waals surface area contributed by atoms with Crippen molar-refractivity contribution in [3.63, 3.8) is 0 Å². The van der Waals surface area contributed by atoms with Gasteiger partial charge in [-0.05, 0) is 35.7 Å². The fourth-order valence-corrected chi connectivity index (χ4v) is 3.14. The van der Waals surface area contributed by atoms with Gasteiger partial charge in [0, 0.05) is 11.6 Å². The Bertz CT molecular complexity index is 788. The van der Waals surface area contributed by atoms with E-state index in [1.54, 1.807) is 0 Å². The first-order valence-corrected chi connectivity index (χ1v) is 7.43. The molecule has 0 amide bonds. The number of nitrogens with zero attached hydrogens (tertiary/aromatic N) is 2. The molecule has 0 radical (unpaired) electrons. The molecule has 4 heteroatoms. The third kappa shape index (κ3) is 2.17. The Hall–Kier alpha value is -2.36. The molecule has 106 valence electrons. The van der Waals surface area contributed by atoms with Crippen molar-refractivity contribution in [2.24, 2.45) is 0 Å². The smallest absolute Gasteiger partial charge is 0.260 e. The number of aromatic nitrogens is 2. The summed E-state index contributed by atoms with van der Waals surface area (Å²) in [5.74, 6) is 1.80. The van der Waals surface area contributed by atoms with Crippen molar-refractivity contribution < 1.29 is 4.52 Å². The fourth-order valence-electron chi connectivity index (χ4n) is 3.14. The summed E-state index contributed by atoms with van der Waals surface area (Å²) in [6, 6.07) is 12.1. The molecule has 0 spiro atoms. The summed E-state index contributed by atoms with van der Waals surface area (Å²) in [5, 5.41) is 6.40. The average molecular weight is 279 g/mol. The van der Waals surface area contributed by atoms with Crippen molar-refractivity contribution >= 4 is 16.5 Å². The molecule has 3 aromatic rings. The molecule has 2 aromatic carbocycles. The van der Waals surface area contributed by atoms with Gasteiger partial charge in [-0.2, -0.15) is 4.98 Å². The lowest BCUT2D eigenvalue weighted by atomic mass is 10.0. The minimum atomic E-state index is 0.448. The predicted molar refractivity (Wildman–Crippen MR) is 82.9 cm³/mol. The number of nitrogens with two attached hydrogens (primary N) is 1. The van der Waals surface area contributed by atoms with Crippen LogP contribution in [0.1, 0.15) is 37.4 Å². The summed E-state index contributed by atoms with van der Waals surface area (Å²) in [7, 11) is 0. The highest BCUT2D eigenvalue weighted by molar-refractivity contribution is 5.92. The van der Waals surface area contributed by atoms with Gasteiger partial charge in [0.2, 0.25) is 0 Å². The van der Waals surface area contributed by atoms with Gasteiger partial charge in [-0.25, -0.2) is 0 Å². The summed E-state index contributed by atoms with van der Waals surface area (Å²) >= 11 is 0. The molecular formula is C17H17N3O. The Morgan fingerprint density at radius 2 is 1.76 bits per heavy atom.